The number of nitrogens with one attached hydrogen (secondary N) is 2. The molecule has 2 amide bonds. The van der Waals surface area contributed by atoms with Crippen LogP contribution in [0.25, 0.3) is 0 Å². The predicted molar refractivity (Wildman–Crippen MR) is 48.4 cm³/mol. The van der Waals surface area contributed by atoms with Crippen molar-refractivity contribution in [3.63, 3.8) is 0 Å². The maximum Gasteiger partial charge on any atom is 0.325 e. The first-order chi connectivity index (χ1) is 6.07. The third-order valence-electron chi connectivity index (χ3n) is 1.35. The van der Waals surface area contributed by atoms with Crippen LogP contribution >= 0.6 is 0 Å². The highest BCUT2D eigenvalue weighted by Crippen LogP contribution is 1.81. The Hall–Kier alpha value is -1.52. The number of aliphatic carboxylic acids is 1. The van der Waals surface area contributed by atoms with Gasteiger partial charge >= 0.3 is 12.0 Å². The molecule has 13 heavy (non-hydrogen) atoms. The number of hydrogen-bond donors (Lipinski definition) is 3. The van der Waals surface area contributed by atoms with E-state index in [4.69, 9.17) is 5.11 Å². The Kier molecular flexibility index (Phi) is 5.34. The fourth-order valence-electron chi connectivity index (χ4n) is 0.597. The van der Waals surface area contributed by atoms with Crippen molar-refractivity contribution in [1.82, 2.24) is 10.6 Å². The van der Waals surface area contributed by atoms with Crippen LogP contribution in [-0.2, 0) is 4.79 Å². The number of carboxylic acids is 1. The molecule has 0 aromatic heterocycles. The number of carboxylic acid groups (broad SMARTS) is 1. The standard InChI is InChI=1S/C8H14N2O3/c1-3-4-5-9-8(13)10-6(2)7(11)12/h3,6H,1,4-5H2,2H3,(H,11,12)(H2,9,10,13)/t6-/m1/s1. The molecule has 3 N–H and O–H groups in total. The van der Waals surface area contributed by atoms with E-state index in [1.165, 1.54) is 6.92 Å². The van der Waals surface area contributed by atoms with Crippen LogP contribution in [0.15, 0.2) is 12.7 Å². The fourth-order valence-corrected chi connectivity index (χ4v) is 0.597. The second-order valence-electron chi connectivity index (χ2n) is 2.54. The summed E-state index contributed by atoms with van der Waals surface area (Å²) in [6.45, 7) is 5.34. The molecule has 0 aliphatic rings. The molecule has 0 aliphatic carbocycles. The summed E-state index contributed by atoms with van der Waals surface area (Å²) < 4.78 is 0. The second-order valence-corrected chi connectivity index (χ2v) is 2.54. The lowest BCUT2D eigenvalue weighted by atomic mass is 10.3. The zero-order chi connectivity index (χ0) is 10.3. The van der Waals surface area contributed by atoms with Crippen molar-refractivity contribution in [2.24, 2.45) is 0 Å². The molecule has 0 bridgehead atoms. The van der Waals surface area contributed by atoms with Crippen LogP contribution < -0.4 is 10.6 Å². The predicted octanol–water partition coefficient (Wildman–Crippen LogP) is 0.335. The minimum absolute atomic E-state index is 0.460. The zero-order valence-electron chi connectivity index (χ0n) is 7.54. The number of hydrogen-bond acceptors (Lipinski definition) is 2. The van der Waals surface area contributed by atoms with Crippen LogP contribution in [0.4, 0.5) is 4.79 Å². The molecular formula is C8H14N2O3. The molecule has 0 fully saturated rings. The highest BCUT2D eigenvalue weighted by atomic mass is 16.4. The van der Waals surface area contributed by atoms with Crippen LogP contribution in [0, 0.1) is 0 Å². The molecule has 0 aliphatic heterocycles. The van der Waals surface area contributed by atoms with Crippen LogP contribution in [-0.4, -0.2) is 29.7 Å². The van der Waals surface area contributed by atoms with E-state index in [9.17, 15) is 9.59 Å². The van der Waals surface area contributed by atoms with E-state index < -0.39 is 18.0 Å². The lowest BCUT2D eigenvalue weighted by Crippen LogP contribution is -2.44. The van der Waals surface area contributed by atoms with E-state index in [-0.39, 0.29) is 0 Å². The molecule has 0 saturated carbocycles. The SMILES string of the molecule is C=CCCNC(=O)N[C@H](C)C(=O)O. The number of urea groups is 1. The van der Waals surface area contributed by atoms with Crippen molar-refractivity contribution >= 4 is 12.0 Å². The maximum atomic E-state index is 10.9. The summed E-state index contributed by atoms with van der Waals surface area (Å²) in [4.78, 5) is 21.2. The Morgan fingerprint density at radius 2 is 2.23 bits per heavy atom. The lowest BCUT2D eigenvalue weighted by Gasteiger charge is -2.09. The molecule has 1 atom stereocenters. The normalized spacial score (nSPS) is 11.5. The Labute approximate surface area is 76.8 Å². The van der Waals surface area contributed by atoms with Crippen LogP contribution in [0.5, 0.6) is 0 Å². The van der Waals surface area contributed by atoms with E-state index >= 15 is 0 Å². The summed E-state index contributed by atoms with van der Waals surface area (Å²) in [5, 5.41) is 13.2. The van der Waals surface area contributed by atoms with Gasteiger partial charge in [-0.05, 0) is 13.3 Å². The quantitative estimate of drug-likeness (QED) is 0.428. The third-order valence-corrected chi connectivity index (χ3v) is 1.35. The monoisotopic (exact) mass is 186 g/mol. The van der Waals surface area contributed by atoms with Gasteiger partial charge in [0, 0.05) is 6.54 Å². The van der Waals surface area contributed by atoms with Gasteiger partial charge in [-0.1, -0.05) is 6.08 Å². The largest absolute Gasteiger partial charge is 0.480 e. The first kappa shape index (κ1) is 11.5. The van der Waals surface area contributed by atoms with Gasteiger partial charge in [0.2, 0.25) is 0 Å². The van der Waals surface area contributed by atoms with Crippen molar-refractivity contribution in [2.45, 2.75) is 19.4 Å². The van der Waals surface area contributed by atoms with E-state index in [1.807, 2.05) is 0 Å². The van der Waals surface area contributed by atoms with Gasteiger partial charge in [0.25, 0.3) is 0 Å². The van der Waals surface area contributed by atoms with Gasteiger partial charge in [-0.2, -0.15) is 0 Å². The van der Waals surface area contributed by atoms with Crippen molar-refractivity contribution < 1.29 is 14.7 Å². The molecule has 0 rings (SSSR count). The van der Waals surface area contributed by atoms with Crippen molar-refractivity contribution in [3.05, 3.63) is 12.7 Å². The molecule has 0 unspecified atom stereocenters. The number of amides is 2. The highest BCUT2D eigenvalue weighted by molar-refractivity contribution is 5.82. The van der Waals surface area contributed by atoms with Gasteiger partial charge in [0.15, 0.2) is 0 Å². The number of carbonyl (C=O) groups is 2. The Balaban J connectivity index is 3.61. The molecule has 0 aromatic rings. The Bertz CT molecular complexity index is 204. The van der Waals surface area contributed by atoms with Gasteiger partial charge in [-0.25, -0.2) is 4.79 Å². The topological polar surface area (TPSA) is 78.4 Å². The Morgan fingerprint density at radius 3 is 2.69 bits per heavy atom. The Morgan fingerprint density at radius 1 is 1.62 bits per heavy atom. The van der Waals surface area contributed by atoms with Gasteiger partial charge < -0.3 is 15.7 Å². The molecule has 0 heterocycles. The highest BCUT2D eigenvalue weighted by Gasteiger charge is 2.12. The van der Waals surface area contributed by atoms with Gasteiger partial charge in [0.1, 0.15) is 6.04 Å². The van der Waals surface area contributed by atoms with Crippen LogP contribution in [0.2, 0.25) is 0 Å². The maximum absolute atomic E-state index is 10.9. The van der Waals surface area contributed by atoms with Gasteiger partial charge in [-0.15, -0.1) is 6.58 Å². The summed E-state index contributed by atoms with van der Waals surface area (Å²) in [5.41, 5.74) is 0. The smallest absolute Gasteiger partial charge is 0.325 e. The summed E-state index contributed by atoms with van der Waals surface area (Å²) in [6, 6.07) is -1.35. The van der Waals surface area contributed by atoms with Crippen LogP contribution in [0.1, 0.15) is 13.3 Å². The van der Waals surface area contributed by atoms with E-state index in [0.717, 1.165) is 0 Å². The van der Waals surface area contributed by atoms with E-state index in [2.05, 4.69) is 17.2 Å². The van der Waals surface area contributed by atoms with E-state index in [0.29, 0.717) is 13.0 Å². The average molecular weight is 186 g/mol. The molecule has 0 radical (unpaired) electrons. The molecule has 0 saturated heterocycles. The van der Waals surface area contributed by atoms with Crippen molar-refractivity contribution in [3.8, 4) is 0 Å². The molecule has 5 nitrogen and oxygen atoms in total. The third kappa shape index (κ3) is 5.72. The average Bonchev–Trinajstić information content (AvgIpc) is 2.04. The van der Waals surface area contributed by atoms with Gasteiger partial charge in [0.05, 0.1) is 0 Å². The van der Waals surface area contributed by atoms with Crippen molar-refractivity contribution in [2.75, 3.05) is 6.54 Å². The lowest BCUT2D eigenvalue weighted by molar-refractivity contribution is -0.138. The minimum Gasteiger partial charge on any atom is -0.480 e. The first-order valence-electron chi connectivity index (χ1n) is 3.96. The molecule has 0 aromatic carbocycles. The number of rotatable bonds is 5. The molecule has 5 heteroatoms. The second kappa shape index (κ2) is 6.05. The molecule has 0 spiro atoms. The fraction of sp³-hybridized carbons (Fsp3) is 0.500. The van der Waals surface area contributed by atoms with Gasteiger partial charge in [-0.3, -0.25) is 4.79 Å². The molecular weight excluding hydrogens is 172 g/mol. The van der Waals surface area contributed by atoms with Crippen LogP contribution in [0.3, 0.4) is 0 Å². The minimum atomic E-state index is -1.06. The number of carbonyl (C=O) groups excluding carboxylic acids is 1. The summed E-state index contributed by atoms with van der Waals surface area (Å²) in [5.74, 6) is -1.06. The molecule has 74 valence electrons. The summed E-state index contributed by atoms with van der Waals surface area (Å²) in [6.07, 6.45) is 2.33. The first-order valence-corrected chi connectivity index (χ1v) is 3.96. The van der Waals surface area contributed by atoms with Crippen molar-refractivity contribution in [1.29, 1.82) is 0 Å². The summed E-state index contributed by atoms with van der Waals surface area (Å²) in [7, 11) is 0. The van der Waals surface area contributed by atoms with E-state index in [1.54, 1.807) is 6.08 Å². The summed E-state index contributed by atoms with van der Waals surface area (Å²) >= 11 is 0. The zero-order valence-corrected chi connectivity index (χ0v) is 7.54.